The van der Waals surface area contributed by atoms with Crippen LogP contribution in [0.5, 0.6) is 0 Å². The van der Waals surface area contributed by atoms with Gasteiger partial charge in [0.1, 0.15) is 0 Å². The molecule has 1 aromatic rings. The maximum atomic E-state index is 4.70. The molecule has 0 amide bonds. The molecule has 0 saturated heterocycles. The quantitative estimate of drug-likeness (QED) is 0.779. The van der Waals surface area contributed by atoms with Crippen LogP contribution in [0.4, 0.5) is 0 Å². The molecular weight excluding hydrogens is 234 g/mol. The zero-order chi connectivity index (χ0) is 13.8. The second-order valence-corrected chi connectivity index (χ2v) is 6.34. The summed E-state index contributed by atoms with van der Waals surface area (Å²) in [5, 5.41) is 8.42. The Bertz CT molecular complexity index is 379. The lowest BCUT2D eigenvalue weighted by atomic mass is 9.93. The van der Waals surface area contributed by atoms with Crippen molar-refractivity contribution in [2.75, 3.05) is 6.54 Å². The molecule has 0 aliphatic heterocycles. The highest BCUT2D eigenvalue weighted by Crippen LogP contribution is 2.38. The molecule has 3 nitrogen and oxygen atoms in total. The van der Waals surface area contributed by atoms with E-state index in [1.807, 2.05) is 0 Å². The largest absolute Gasteiger partial charge is 0.313 e. The van der Waals surface area contributed by atoms with Crippen LogP contribution in [0.1, 0.15) is 58.7 Å². The first-order valence-electron chi connectivity index (χ1n) is 7.89. The normalized spacial score (nSPS) is 18.8. The molecule has 0 aromatic carbocycles. The fourth-order valence-corrected chi connectivity index (χ4v) is 2.72. The highest BCUT2D eigenvalue weighted by Gasteiger charge is 2.33. The van der Waals surface area contributed by atoms with Crippen LogP contribution in [0.2, 0.25) is 0 Å². The van der Waals surface area contributed by atoms with Gasteiger partial charge in [-0.3, -0.25) is 4.68 Å². The van der Waals surface area contributed by atoms with Crippen LogP contribution in [-0.4, -0.2) is 22.4 Å². The lowest BCUT2D eigenvalue weighted by Gasteiger charge is -2.24. The van der Waals surface area contributed by atoms with E-state index < -0.39 is 0 Å². The molecule has 1 aliphatic carbocycles. The molecule has 1 fully saturated rings. The molecule has 0 radical (unpaired) electrons. The average molecular weight is 263 g/mol. The summed E-state index contributed by atoms with van der Waals surface area (Å²) < 4.78 is 2.06. The van der Waals surface area contributed by atoms with Crippen LogP contribution in [0.25, 0.3) is 0 Å². The van der Waals surface area contributed by atoms with E-state index in [4.69, 9.17) is 5.10 Å². The van der Waals surface area contributed by atoms with Crippen molar-refractivity contribution in [1.82, 2.24) is 15.1 Å². The monoisotopic (exact) mass is 263 g/mol. The van der Waals surface area contributed by atoms with Crippen LogP contribution in [0, 0.1) is 11.8 Å². The zero-order valence-electron chi connectivity index (χ0n) is 12.9. The van der Waals surface area contributed by atoms with E-state index in [9.17, 15) is 0 Å². The van der Waals surface area contributed by atoms with Crippen molar-refractivity contribution in [3.63, 3.8) is 0 Å². The average Bonchev–Trinajstić information content (AvgIpc) is 3.13. The van der Waals surface area contributed by atoms with E-state index in [1.54, 1.807) is 0 Å². The number of aromatic nitrogens is 2. The van der Waals surface area contributed by atoms with Crippen LogP contribution >= 0.6 is 0 Å². The minimum Gasteiger partial charge on any atom is -0.313 e. The van der Waals surface area contributed by atoms with Gasteiger partial charge in [0.15, 0.2) is 0 Å². The maximum absolute atomic E-state index is 4.70. The minimum absolute atomic E-state index is 0.455. The van der Waals surface area contributed by atoms with Gasteiger partial charge in [0.05, 0.1) is 5.69 Å². The van der Waals surface area contributed by atoms with Gasteiger partial charge in [0, 0.05) is 24.7 Å². The standard InChI is InChI=1S/C16H29N3/c1-5-9-17-16(13(4)14-6-7-14)11-15-8-10-19(18-15)12(2)3/h8,10,12-14,16-17H,5-7,9,11H2,1-4H3. The Balaban J connectivity index is 1.96. The third kappa shape index (κ3) is 4.07. The van der Waals surface area contributed by atoms with Crippen molar-refractivity contribution < 1.29 is 0 Å². The third-order valence-corrected chi connectivity index (χ3v) is 4.28. The third-order valence-electron chi connectivity index (χ3n) is 4.28. The summed E-state index contributed by atoms with van der Waals surface area (Å²) in [4.78, 5) is 0. The maximum Gasteiger partial charge on any atom is 0.0640 e. The molecule has 1 aliphatic rings. The highest BCUT2D eigenvalue weighted by atomic mass is 15.3. The summed E-state index contributed by atoms with van der Waals surface area (Å²) in [5.74, 6) is 1.72. The van der Waals surface area contributed by atoms with Gasteiger partial charge in [0.2, 0.25) is 0 Å². The first kappa shape index (κ1) is 14.6. The van der Waals surface area contributed by atoms with Gasteiger partial charge in [-0.1, -0.05) is 13.8 Å². The van der Waals surface area contributed by atoms with E-state index in [-0.39, 0.29) is 0 Å². The summed E-state index contributed by atoms with van der Waals surface area (Å²) in [6, 6.07) is 3.22. The van der Waals surface area contributed by atoms with Gasteiger partial charge in [-0.2, -0.15) is 5.10 Å². The Kier molecular flexibility index (Phi) is 5.03. The van der Waals surface area contributed by atoms with Crippen LogP contribution in [0.15, 0.2) is 12.3 Å². The Morgan fingerprint density at radius 2 is 2.11 bits per heavy atom. The summed E-state index contributed by atoms with van der Waals surface area (Å²) in [6.45, 7) is 10.1. The fraction of sp³-hybridized carbons (Fsp3) is 0.812. The number of rotatable bonds is 8. The van der Waals surface area contributed by atoms with Gasteiger partial charge in [0.25, 0.3) is 0 Å². The molecule has 1 N–H and O–H groups in total. The second kappa shape index (κ2) is 6.56. The van der Waals surface area contributed by atoms with Crippen LogP contribution < -0.4 is 5.32 Å². The lowest BCUT2D eigenvalue weighted by molar-refractivity contribution is 0.336. The van der Waals surface area contributed by atoms with Crippen molar-refractivity contribution in [3.8, 4) is 0 Å². The Labute approximate surface area is 117 Å². The van der Waals surface area contributed by atoms with Crippen molar-refractivity contribution in [3.05, 3.63) is 18.0 Å². The molecule has 0 bridgehead atoms. The molecule has 19 heavy (non-hydrogen) atoms. The Morgan fingerprint density at radius 1 is 1.37 bits per heavy atom. The van der Waals surface area contributed by atoms with Crippen molar-refractivity contribution in [2.45, 2.75) is 65.5 Å². The van der Waals surface area contributed by atoms with Crippen molar-refractivity contribution >= 4 is 0 Å². The molecule has 1 aromatic heterocycles. The first-order valence-corrected chi connectivity index (χ1v) is 7.89. The predicted octanol–water partition coefficient (Wildman–Crippen LogP) is 3.42. The SMILES string of the molecule is CCCNC(Cc1ccn(C(C)C)n1)C(C)C1CC1. The fourth-order valence-electron chi connectivity index (χ4n) is 2.72. The topological polar surface area (TPSA) is 29.9 Å². The van der Waals surface area contributed by atoms with Gasteiger partial charge in [-0.05, 0) is 57.6 Å². The molecule has 2 atom stereocenters. The number of nitrogens with one attached hydrogen (secondary N) is 1. The summed E-state index contributed by atoms with van der Waals surface area (Å²) in [7, 11) is 0. The predicted molar refractivity (Wildman–Crippen MR) is 80.3 cm³/mol. The molecule has 2 rings (SSSR count). The lowest BCUT2D eigenvalue weighted by Crippen LogP contribution is -2.38. The number of nitrogens with zero attached hydrogens (tertiary/aromatic N) is 2. The first-order chi connectivity index (χ1) is 9.11. The summed E-state index contributed by atoms with van der Waals surface area (Å²) >= 11 is 0. The Morgan fingerprint density at radius 3 is 2.63 bits per heavy atom. The highest BCUT2D eigenvalue weighted by molar-refractivity contribution is 5.04. The van der Waals surface area contributed by atoms with Gasteiger partial charge in [-0.15, -0.1) is 0 Å². The van der Waals surface area contributed by atoms with Crippen molar-refractivity contribution in [2.24, 2.45) is 11.8 Å². The molecular formula is C16H29N3. The van der Waals surface area contributed by atoms with E-state index in [0.717, 1.165) is 24.8 Å². The summed E-state index contributed by atoms with van der Waals surface area (Å²) in [5.41, 5.74) is 1.23. The van der Waals surface area contributed by atoms with Gasteiger partial charge in [-0.25, -0.2) is 0 Å². The summed E-state index contributed by atoms with van der Waals surface area (Å²) in [6.07, 6.45) is 7.22. The van der Waals surface area contributed by atoms with E-state index in [1.165, 1.54) is 25.0 Å². The van der Waals surface area contributed by atoms with Gasteiger partial charge < -0.3 is 5.32 Å². The number of hydrogen-bond acceptors (Lipinski definition) is 2. The molecule has 2 unspecified atom stereocenters. The van der Waals surface area contributed by atoms with E-state index in [2.05, 4.69) is 50.0 Å². The molecule has 1 heterocycles. The molecule has 0 spiro atoms. The van der Waals surface area contributed by atoms with E-state index in [0.29, 0.717) is 12.1 Å². The minimum atomic E-state index is 0.455. The van der Waals surface area contributed by atoms with Gasteiger partial charge >= 0.3 is 0 Å². The van der Waals surface area contributed by atoms with Crippen molar-refractivity contribution in [1.29, 1.82) is 0 Å². The number of hydrogen-bond donors (Lipinski definition) is 1. The second-order valence-electron chi connectivity index (χ2n) is 6.34. The Hall–Kier alpha value is -0.830. The smallest absolute Gasteiger partial charge is 0.0640 e. The van der Waals surface area contributed by atoms with Crippen LogP contribution in [0.3, 0.4) is 0 Å². The van der Waals surface area contributed by atoms with E-state index >= 15 is 0 Å². The van der Waals surface area contributed by atoms with Crippen LogP contribution in [-0.2, 0) is 6.42 Å². The molecule has 1 saturated carbocycles. The molecule has 3 heteroatoms. The molecule has 108 valence electrons. The zero-order valence-corrected chi connectivity index (χ0v) is 12.9.